The predicted molar refractivity (Wildman–Crippen MR) is 87.6 cm³/mol. The number of carbonyl (C=O) groups excluding carboxylic acids is 2. The summed E-state index contributed by atoms with van der Waals surface area (Å²) in [7, 11) is 0. The number of hydrogen-bond donors (Lipinski definition) is 0. The molecule has 2 rings (SSSR count). The van der Waals surface area contributed by atoms with Crippen molar-refractivity contribution in [2.24, 2.45) is 0 Å². The quantitative estimate of drug-likeness (QED) is 0.618. The van der Waals surface area contributed by atoms with Crippen molar-refractivity contribution in [2.45, 2.75) is 26.4 Å². The van der Waals surface area contributed by atoms with Crippen LogP contribution in [-0.4, -0.2) is 24.0 Å². The van der Waals surface area contributed by atoms with Gasteiger partial charge in [-0.2, -0.15) is 0 Å². The van der Waals surface area contributed by atoms with Gasteiger partial charge in [0, 0.05) is 11.1 Å². The van der Waals surface area contributed by atoms with E-state index >= 15 is 0 Å². The monoisotopic (exact) mass is 330 g/mol. The molecule has 24 heavy (non-hydrogen) atoms. The minimum atomic E-state index is -0.564. The summed E-state index contributed by atoms with van der Waals surface area (Å²) in [6.45, 7) is 5.13. The SMILES string of the molecule is CC(C)(C)OC(=O)COc1ccc(C(=O)c2ccc(F)cc2)cc1. The Balaban J connectivity index is 1.96. The van der Waals surface area contributed by atoms with E-state index in [1.165, 1.54) is 24.3 Å². The van der Waals surface area contributed by atoms with Crippen LogP contribution in [0.4, 0.5) is 4.39 Å². The largest absolute Gasteiger partial charge is 0.482 e. The van der Waals surface area contributed by atoms with Crippen LogP contribution >= 0.6 is 0 Å². The fraction of sp³-hybridized carbons (Fsp3) is 0.263. The van der Waals surface area contributed by atoms with E-state index in [-0.39, 0.29) is 12.4 Å². The maximum absolute atomic E-state index is 12.9. The molecule has 0 N–H and O–H groups in total. The molecule has 5 heteroatoms. The van der Waals surface area contributed by atoms with Crippen LogP contribution in [-0.2, 0) is 9.53 Å². The first-order valence-electron chi connectivity index (χ1n) is 7.49. The Morgan fingerprint density at radius 2 is 1.42 bits per heavy atom. The molecule has 0 aromatic heterocycles. The number of ether oxygens (including phenoxy) is 2. The number of halogens is 1. The number of rotatable bonds is 5. The fourth-order valence-corrected chi connectivity index (χ4v) is 1.98. The molecule has 2 aromatic carbocycles. The molecule has 4 nitrogen and oxygen atoms in total. The van der Waals surface area contributed by atoms with Gasteiger partial charge in [0.25, 0.3) is 0 Å². The Kier molecular flexibility index (Phi) is 5.34. The Labute approximate surface area is 140 Å². The van der Waals surface area contributed by atoms with E-state index < -0.39 is 17.4 Å². The molecule has 0 aliphatic rings. The molecule has 2 aromatic rings. The van der Waals surface area contributed by atoms with Gasteiger partial charge in [-0.1, -0.05) is 0 Å². The van der Waals surface area contributed by atoms with Gasteiger partial charge in [0.05, 0.1) is 0 Å². The van der Waals surface area contributed by atoms with Gasteiger partial charge in [-0.05, 0) is 69.3 Å². The van der Waals surface area contributed by atoms with Crippen LogP contribution in [0.5, 0.6) is 5.75 Å². The second-order valence-corrected chi connectivity index (χ2v) is 6.24. The van der Waals surface area contributed by atoms with Gasteiger partial charge in [-0.3, -0.25) is 4.79 Å². The maximum atomic E-state index is 12.9. The van der Waals surface area contributed by atoms with Gasteiger partial charge in [-0.15, -0.1) is 0 Å². The van der Waals surface area contributed by atoms with Crippen molar-refractivity contribution in [3.05, 3.63) is 65.5 Å². The van der Waals surface area contributed by atoms with Gasteiger partial charge < -0.3 is 9.47 Å². The summed E-state index contributed by atoms with van der Waals surface area (Å²) >= 11 is 0. The van der Waals surface area contributed by atoms with E-state index in [0.717, 1.165) is 0 Å². The Bertz CT molecular complexity index is 713. The lowest BCUT2D eigenvalue weighted by Gasteiger charge is -2.19. The van der Waals surface area contributed by atoms with Crippen LogP contribution in [0.3, 0.4) is 0 Å². The smallest absolute Gasteiger partial charge is 0.344 e. The third-order valence-corrected chi connectivity index (χ3v) is 3.00. The molecule has 126 valence electrons. The second-order valence-electron chi connectivity index (χ2n) is 6.24. The molecule has 0 unspecified atom stereocenters. The maximum Gasteiger partial charge on any atom is 0.344 e. The third kappa shape index (κ3) is 5.19. The molecule has 0 atom stereocenters. The van der Waals surface area contributed by atoms with Crippen molar-refractivity contribution in [2.75, 3.05) is 6.61 Å². The van der Waals surface area contributed by atoms with E-state index in [1.54, 1.807) is 45.0 Å². The van der Waals surface area contributed by atoms with E-state index in [0.29, 0.717) is 16.9 Å². The van der Waals surface area contributed by atoms with Gasteiger partial charge in [-0.25, -0.2) is 9.18 Å². The van der Waals surface area contributed by atoms with Crippen molar-refractivity contribution >= 4 is 11.8 Å². The zero-order valence-electron chi connectivity index (χ0n) is 13.8. The summed E-state index contributed by atoms with van der Waals surface area (Å²) in [5.74, 6) is -0.614. The lowest BCUT2D eigenvalue weighted by Crippen LogP contribution is -2.27. The normalized spacial score (nSPS) is 11.0. The van der Waals surface area contributed by atoms with E-state index in [4.69, 9.17) is 9.47 Å². The van der Waals surface area contributed by atoms with Crippen molar-refractivity contribution in [1.29, 1.82) is 0 Å². The van der Waals surface area contributed by atoms with Gasteiger partial charge in [0.2, 0.25) is 0 Å². The zero-order valence-corrected chi connectivity index (χ0v) is 13.8. The summed E-state index contributed by atoms with van der Waals surface area (Å²) in [6, 6.07) is 11.7. The molecule has 0 fully saturated rings. The summed E-state index contributed by atoms with van der Waals surface area (Å²) in [6.07, 6.45) is 0. The highest BCUT2D eigenvalue weighted by molar-refractivity contribution is 6.08. The highest BCUT2D eigenvalue weighted by Crippen LogP contribution is 2.16. The van der Waals surface area contributed by atoms with Crippen molar-refractivity contribution in [1.82, 2.24) is 0 Å². The molecule has 0 aliphatic heterocycles. The zero-order chi connectivity index (χ0) is 17.7. The number of hydrogen-bond acceptors (Lipinski definition) is 4. The lowest BCUT2D eigenvalue weighted by molar-refractivity contribution is -0.157. The average Bonchev–Trinajstić information content (AvgIpc) is 2.52. The van der Waals surface area contributed by atoms with Crippen LogP contribution < -0.4 is 4.74 Å². The van der Waals surface area contributed by atoms with Crippen LogP contribution in [0, 0.1) is 5.82 Å². The number of benzene rings is 2. The molecular weight excluding hydrogens is 311 g/mol. The van der Waals surface area contributed by atoms with Gasteiger partial charge in [0.1, 0.15) is 17.2 Å². The fourth-order valence-electron chi connectivity index (χ4n) is 1.98. The standard InChI is InChI=1S/C19H19FO4/c1-19(2,3)24-17(21)12-23-16-10-6-14(7-11-16)18(22)13-4-8-15(20)9-5-13/h4-11H,12H2,1-3H3. The van der Waals surface area contributed by atoms with Crippen molar-refractivity contribution in [3.8, 4) is 5.75 Å². The third-order valence-electron chi connectivity index (χ3n) is 3.00. The number of carbonyl (C=O) groups is 2. The first kappa shape index (κ1) is 17.7. The van der Waals surface area contributed by atoms with Crippen molar-refractivity contribution in [3.63, 3.8) is 0 Å². The Hall–Kier alpha value is -2.69. The highest BCUT2D eigenvalue weighted by atomic mass is 19.1. The minimum absolute atomic E-state index is 0.206. The molecular formula is C19H19FO4. The second kappa shape index (κ2) is 7.25. The number of ketones is 1. The first-order chi connectivity index (χ1) is 11.2. The molecule has 0 radical (unpaired) electrons. The van der Waals surface area contributed by atoms with E-state index in [9.17, 15) is 14.0 Å². The van der Waals surface area contributed by atoms with E-state index in [1.807, 2.05) is 0 Å². The molecule has 0 heterocycles. The summed E-state index contributed by atoms with van der Waals surface area (Å²) in [5.41, 5.74) is 0.288. The van der Waals surface area contributed by atoms with Crippen LogP contribution in [0.2, 0.25) is 0 Å². The lowest BCUT2D eigenvalue weighted by atomic mass is 10.0. The van der Waals surface area contributed by atoms with Crippen molar-refractivity contribution < 1.29 is 23.5 Å². The first-order valence-corrected chi connectivity index (χ1v) is 7.49. The Morgan fingerprint density at radius 3 is 1.92 bits per heavy atom. The molecule has 0 amide bonds. The number of esters is 1. The highest BCUT2D eigenvalue weighted by Gasteiger charge is 2.16. The predicted octanol–water partition coefficient (Wildman–Crippen LogP) is 3.78. The van der Waals surface area contributed by atoms with Crippen LogP contribution in [0.1, 0.15) is 36.7 Å². The van der Waals surface area contributed by atoms with Gasteiger partial charge in [0.15, 0.2) is 12.4 Å². The van der Waals surface area contributed by atoms with Crippen LogP contribution in [0.15, 0.2) is 48.5 Å². The minimum Gasteiger partial charge on any atom is -0.482 e. The average molecular weight is 330 g/mol. The van der Waals surface area contributed by atoms with Crippen LogP contribution in [0.25, 0.3) is 0 Å². The molecule has 0 saturated heterocycles. The summed E-state index contributed by atoms with van der Waals surface area (Å²) in [5, 5.41) is 0. The summed E-state index contributed by atoms with van der Waals surface area (Å²) in [4.78, 5) is 23.8. The molecule has 0 saturated carbocycles. The topological polar surface area (TPSA) is 52.6 Å². The molecule has 0 aliphatic carbocycles. The van der Waals surface area contributed by atoms with Gasteiger partial charge >= 0.3 is 5.97 Å². The molecule has 0 bridgehead atoms. The Morgan fingerprint density at radius 1 is 0.917 bits per heavy atom. The van der Waals surface area contributed by atoms with E-state index in [2.05, 4.69) is 0 Å². The summed E-state index contributed by atoms with van der Waals surface area (Å²) < 4.78 is 23.4. The molecule has 0 spiro atoms.